The van der Waals surface area contributed by atoms with Crippen LogP contribution in [0.3, 0.4) is 0 Å². The largest absolute Gasteiger partial charge is 0.484 e. The molecule has 1 saturated carbocycles. The maximum absolute atomic E-state index is 13.4. The molecule has 0 spiro atoms. The van der Waals surface area contributed by atoms with Crippen molar-refractivity contribution in [1.29, 1.82) is 0 Å². The average Bonchev–Trinajstić information content (AvgIpc) is 3.26. The molecule has 1 fully saturated rings. The summed E-state index contributed by atoms with van der Waals surface area (Å²) < 4.78 is 20.7. The van der Waals surface area contributed by atoms with Gasteiger partial charge in [-0.15, -0.1) is 0 Å². The Bertz CT molecular complexity index is 1050. The van der Waals surface area contributed by atoms with Crippen LogP contribution in [0.2, 0.25) is 10.0 Å². The van der Waals surface area contributed by atoms with Crippen molar-refractivity contribution in [1.82, 2.24) is 15.1 Å². The smallest absolute Gasteiger partial charge is 0.258 e. The number of carbonyl (C=O) groups excluding carboxylic acids is 1. The molecule has 4 rings (SSSR count). The minimum atomic E-state index is -0.572. The van der Waals surface area contributed by atoms with Gasteiger partial charge in [0.2, 0.25) is 0 Å². The summed E-state index contributed by atoms with van der Waals surface area (Å²) >= 11 is 11.6. The van der Waals surface area contributed by atoms with Gasteiger partial charge < -0.3 is 10.1 Å². The Labute approximate surface area is 190 Å². The maximum atomic E-state index is 13.4. The molecule has 0 atom stereocenters. The van der Waals surface area contributed by atoms with Gasteiger partial charge in [0.1, 0.15) is 11.6 Å². The standard InChI is InChI=1S/C23H22Cl2FN3O2/c24-17-3-7-19(8-4-17)29-13-16(12-27-29)15-1-5-18(6-2-15)28-23(30)14-31-20-9-10-21(25)22(26)11-20/h3-4,7-13,15,18H,1-2,5-6,14H2,(H,28,30). The summed E-state index contributed by atoms with van der Waals surface area (Å²) in [6.07, 6.45) is 7.69. The maximum Gasteiger partial charge on any atom is 0.258 e. The third-order valence-electron chi connectivity index (χ3n) is 5.52. The first-order chi connectivity index (χ1) is 15.0. The number of rotatable bonds is 6. The van der Waals surface area contributed by atoms with Crippen molar-refractivity contribution in [2.75, 3.05) is 6.61 Å². The number of nitrogens with one attached hydrogen (secondary N) is 1. The van der Waals surface area contributed by atoms with Crippen LogP contribution in [-0.2, 0) is 4.79 Å². The van der Waals surface area contributed by atoms with Crippen LogP contribution in [0.5, 0.6) is 5.75 Å². The Morgan fingerprint density at radius 1 is 1.13 bits per heavy atom. The lowest BCUT2D eigenvalue weighted by atomic mass is 9.83. The van der Waals surface area contributed by atoms with Gasteiger partial charge in [0.05, 0.1) is 16.9 Å². The predicted molar refractivity (Wildman–Crippen MR) is 119 cm³/mol. The number of amides is 1. The number of aromatic nitrogens is 2. The van der Waals surface area contributed by atoms with Crippen LogP contribution in [0.15, 0.2) is 54.9 Å². The number of carbonyl (C=O) groups is 1. The first-order valence-electron chi connectivity index (χ1n) is 10.2. The van der Waals surface area contributed by atoms with Crippen LogP contribution in [0, 0.1) is 5.82 Å². The molecule has 162 valence electrons. The summed E-state index contributed by atoms with van der Waals surface area (Å²) in [5.74, 6) is -0.0902. The molecule has 1 aliphatic rings. The van der Waals surface area contributed by atoms with Gasteiger partial charge in [0, 0.05) is 23.3 Å². The molecule has 0 aliphatic heterocycles. The van der Waals surface area contributed by atoms with Crippen molar-refractivity contribution in [3.05, 3.63) is 76.3 Å². The van der Waals surface area contributed by atoms with Gasteiger partial charge in [0.25, 0.3) is 5.91 Å². The summed E-state index contributed by atoms with van der Waals surface area (Å²) in [5, 5.41) is 8.20. The fourth-order valence-electron chi connectivity index (χ4n) is 3.84. The van der Waals surface area contributed by atoms with Crippen LogP contribution >= 0.6 is 23.2 Å². The molecule has 1 aliphatic carbocycles. The summed E-state index contributed by atoms with van der Waals surface area (Å²) in [6, 6.07) is 11.8. The van der Waals surface area contributed by atoms with Crippen molar-refractivity contribution in [2.24, 2.45) is 0 Å². The van der Waals surface area contributed by atoms with Crippen molar-refractivity contribution in [2.45, 2.75) is 37.6 Å². The molecule has 0 saturated heterocycles. The van der Waals surface area contributed by atoms with Gasteiger partial charge in [-0.1, -0.05) is 23.2 Å². The van der Waals surface area contributed by atoms with E-state index in [4.69, 9.17) is 27.9 Å². The van der Waals surface area contributed by atoms with E-state index in [2.05, 4.69) is 16.6 Å². The SMILES string of the molecule is O=C(COc1ccc(Cl)c(F)c1)NC1CCC(c2cnn(-c3ccc(Cl)cc3)c2)CC1. The van der Waals surface area contributed by atoms with E-state index in [1.54, 1.807) is 0 Å². The normalized spacial score (nSPS) is 18.5. The van der Waals surface area contributed by atoms with E-state index >= 15 is 0 Å². The van der Waals surface area contributed by atoms with Gasteiger partial charge in [-0.2, -0.15) is 5.10 Å². The van der Waals surface area contributed by atoms with Gasteiger partial charge in [-0.3, -0.25) is 4.79 Å². The van der Waals surface area contributed by atoms with Gasteiger partial charge in [-0.25, -0.2) is 9.07 Å². The van der Waals surface area contributed by atoms with Crippen LogP contribution in [0.1, 0.15) is 37.2 Å². The van der Waals surface area contributed by atoms with Gasteiger partial charge in [-0.05, 0) is 73.6 Å². The fourth-order valence-corrected chi connectivity index (χ4v) is 4.08. The minimum Gasteiger partial charge on any atom is -0.484 e. The van der Waals surface area contributed by atoms with Crippen LogP contribution in [0.25, 0.3) is 5.69 Å². The van der Waals surface area contributed by atoms with Crippen molar-refractivity contribution < 1.29 is 13.9 Å². The number of hydrogen-bond donors (Lipinski definition) is 1. The second-order valence-corrected chi connectivity index (χ2v) is 8.52. The number of ether oxygens (including phenoxy) is 1. The zero-order valence-corrected chi connectivity index (χ0v) is 18.2. The molecule has 3 aromatic rings. The molecule has 31 heavy (non-hydrogen) atoms. The van der Waals surface area contributed by atoms with E-state index in [1.165, 1.54) is 23.8 Å². The molecule has 2 aromatic carbocycles. The lowest BCUT2D eigenvalue weighted by molar-refractivity contribution is -0.124. The van der Waals surface area contributed by atoms with Crippen molar-refractivity contribution >= 4 is 29.1 Å². The third-order valence-corrected chi connectivity index (χ3v) is 6.08. The van der Waals surface area contributed by atoms with E-state index in [0.717, 1.165) is 31.4 Å². The highest BCUT2D eigenvalue weighted by Crippen LogP contribution is 2.33. The topological polar surface area (TPSA) is 56.1 Å². The molecule has 0 radical (unpaired) electrons. The highest BCUT2D eigenvalue weighted by atomic mass is 35.5. The number of nitrogens with zero attached hydrogens (tertiary/aromatic N) is 2. The summed E-state index contributed by atoms with van der Waals surface area (Å²) in [4.78, 5) is 12.2. The molecule has 5 nitrogen and oxygen atoms in total. The Morgan fingerprint density at radius 3 is 2.58 bits per heavy atom. The molecule has 8 heteroatoms. The number of halogens is 3. The van der Waals surface area contributed by atoms with Crippen molar-refractivity contribution in [3.63, 3.8) is 0 Å². The second-order valence-electron chi connectivity index (χ2n) is 7.68. The summed E-state index contributed by atoms with van der Waals surface area (Å²) in [7, 11) is 0. The average molecular weight is 462 g/mol. The molecular formula is C23H22Cl2FN3O2. The zero-order valence-electron chi connectivity index (χ0n) is 16.7. The molecule has 1 N–H and O–H groups in total. The molecule has 0 unspecified atom stereocenters. The number of hydrogen-bond acceptors (Lipinski definition) is 3. The molecule has 0 bridgehead atoms. The molecular weight excluding hydrogens is 440 g/mol. The lowest BCUT2D eigenvalue weighted by Gasteiger charge is -2.28. The zero-order chi connectivity index (χ0) is 21.8. The fraction of sp³-hybridized carbons (Fsp3) is 0.304. The van der Waals surface area contributed by atoms with E-state index in [0.29, 0.717) is 10.9 Å². The first kappa shape index (κ1) is 21.7. The summed E-state index contributed by atoms with van der Waals surface area (Å²) in [5.41, 5.74) is 2.17. The van der Waals surface area contributed by atoms with E-state index < -0.39 is 5.82 Å². The molecule has 1 amide bonds. The first-order valence-corrected chi connectivity index (χ1v) is 10.9. The highest BCUT2D eigenvalue weighted by molar-refractivity contribution is 6.31. The Kier molecular flexibility index (Phi) is 6.78. The van der Waals surface area contributed by atoms with Gasteiger partial charge in [0.15, 0.2) is 6.61 Å². The number of benzene rings is 2. The van der Waals surface area contributed by atoms with Crippen LogP contribution in [0.4, 0.5) is 4.39 Å². The predicted octanol–water partition coefficient (Wildman–Crippen LogP) is 5.54. The van der Waals surface area contributed by atoms with Crippen LogP contribution < -0.4 is 10.1 Å². The van der Waals surface area contributed by atoms with Gasteiger partial charge >= 0.3 is 0 Å². The third kappa shape index (κ3) is 5.57. The highest BCUT2D eigenvalue weighted by Gasteiger charge is 2.24. The van der Waals surface area contributed by atoms with Crippen molar-refractivity contribution in [3.8, 4) is 11.4 Å². The van der Waals surface area contributed by atoms with E-state index in [-0.39, 0.29) is 29.3 Å². The Balaban J connectivity index is 1.24. The molecule has 1 aromatic heterocycles. The molecule has 1 heterocycles. The lowest BCUT2D eigenvalue weighted by Crippen LogP contribution is -2.39. The van der Waals surface area contributed by atoms with E-state index in [1.807, 2.05) is 35.1 Å². The van der Waals surface area contributed by atoms with Crippen LogP contribution in [-0.4, -0.2) is 28.3 Å². The monoisotopic (exact) mass is 461 g/mol. The minimum absolute atomic E-state index is 0.0206. The Morgan fingerprint density at radius 2 is 1.87 bits per heavy atom. The Hall–Kier alpha value is -2.57. The second kappa shape index (κ2) is 9.71. The quantitative estimate of drug-likeness (QED) is 0.524. The van der Waals surface area contributed by atoms with E-state index in [9.17, 15) is 9.18 Å². The summed E-state index contributed by atoms with van der Waals surface area (Å²) in [6.45, 7) is -0.158.